The first kappa shape index (κ1) is 5.86. The molecule has 0 amide bonds. The van der Waals surface area contributed by atoms with Gasteiger partial charge in [0.1, 0.15) is 5.82 Å². The van der Waals surface area contributed by atoms with E-state index in [0.29, 0.717) is 0 Å². The van der Waals surface area contributed by atoms with Crippen molar-refractivity contribution in [1.82, 2.24) is 0 Å². The summed E-state index contributed by atoms with van der Waals surface area (Å²) in [5, 5.41) is 2.26. The molecule has 0 radical (unpaired) electrons. The summed E-state index contributed by atoms with van der Waals surface area (Å²) in [6, 6.07) is 7.47. The minimum atomic E-state index is -0.111. The minimum Gasteiger partial charge on any atom is -0.205 e. The van der Waals surface area contributed by atoms with E-state index < -0.39 is 0 Å². The summed E-state index contributed by atoms with van der Waals surface area (Å²) in [5.74, 6) is -0.111. The fraction of sp³-hybridized carbons (Fsp3) is 0. The van der Waals surface area contributed by atoms with Crippen molar-refractivity contribution in [2.45, 2.75) is 0 Å². The van der Waals surface area contributed by atoms with E-state index >= 15 is 0 Å². The highest BCUT2D eigenvalue weighted by molar-refractivity contribution is 7.17. The van der Waals surface area contributed by atoms with Crippen LogP contribution >= 0.6 is 11.3 Å². The summed E-state index contributed by atoms with van der Waals surface area (Å²) >= 11 is 1.44. The van der Waals surface area contributed by atoms with Gasteiger partial charge in [0.2, 0.25) is 0 Å². The summed E-state index contributed by atoms with van der Waals surface area (Å²) in [6.07, 6.45) is 0. The van der Waals surface area contributed by atoms with Crippen LogP contribution in [0.2, 0.25) is 0 Å². The van der Waals surface area contributed by atoms with Crippen LogP contribution in [0.15, 0.2) is 29.6 Å². The lowest BCUT2D eigenvalue weighted by molar-refractivity contribution is 0.644. The Balaban J connectivity index is 2.93. The normalized spacial score (nSPS) is 10.5. The third-order valence-corrected chi connectivity index (χ3v) is 2.37. The fourth-order valence-electron chi connectivity index (χ4n) is 0.945. The smallest absolute Gasteiger partial charge is 0.141 e. The molecular formula is C8H5FS. The number of benzene rings is 1. The van der Waals surface area contributed by atoms with E-state index in [4.69, 9.17) is 0 Å². The zero-order chi connectivity index (χ0) is 6.97. The average molecular weight is 152 g/mol. The molecule has 2 rings (SSSR count). The van der Waals surface area contributed by atoms with Gasteiger partial charge in [0.15, 0.2) is 0 Å². The summed E-state index contributed by atoms with van der Waals surface area (Å²) in [6.45, 7) is 0. The van der Waals surface area contributed by atoms with Gasteiger partial charge in [-0.05, 0) is 6.07 Å². The molecule has 0 aliphatic rings. The molecule has 0 saturated carbocycles. The van der Waals surface area contributed by atoms with Crippen molar-refractivity contribution in [3.05, 3.63) is 35.5 Å². The Hall–Kier alpha value is -0.890. The molecule has 10 heavy (non-hydrogen) atoms. The molecule has 0 nitrogen and oxygen atoms in total. The summed E-state index contributed by atoms with van der Waals surface area (Å²) in [7, 11) is 0. The number of fused-ring (bicyclic) bond motifs is 1. The monoisotopic (exact) mass is 152 g/mol. The van der Waals surface area contributed by atoms with Crippen LogP contribution in [0.25, 0.3) is 10.1 Å². The molecule has 0 aliphatic heterocycles. The fourth-order valence-corrected chi connectivity index (χ4v) is 1.75. The number of halogens is 1. The Kier molecular flexibility index (Phi) is 1.21. The Bertz CT molecular complexity index is 351. The lowest BCUT2D eigenvalue weighted by Crippen LogP contribution is -1.64. The van der Waals surface area contributed by atoms with Gasteiger partial charge in [0, 0.05) is 15.5 Å². The van der Waals surface area contributed by atoms with Crippen LogP contribution in [0.5, 0.6) is 0 Å². The Morgan fingerprint density at radius 2 is 2.00 bits per heavy atom. The third-order valence-electron chi connectivity index (χ3n) is 1.43. The Morgan fingerprint density at radius 3 is 2.80 bits per heavy atom. The number of hydrogen-bond acceptors (Lipinski definition) is 1. The maximum Gasteiger partial charge on any atom is 0.141 e. The number of thiophene rings is 1. The highest BCUT2D eigenvalue weighted by atomic mass is 32.1. The molecule has 1 aromatic carbocycles. The zero-order valence-electron chi connectivity index (χ0n) is 5.17. The summed E-state index contributed by atoms with van der Waals surface area (Å²) in [4.78, 5) is 0. The lowest BCUT2D eigenvalue weighted by atomic mass is 10.3. The van der Waals surface area contributed by atoms with E-state index in [-0.39, 0.29) is 5.82 Å². The quantitative estimate of drug-likeness (QED) is 0.544. The van der Waals surface area contributed by atoms with Crippen molar-refractivity contribution >= 4 is 21.4 Å². The van der Waals surface area contributed by atoms with E-state index in [1.54, 1.807) is 6.07 Å². The third kappa shape index (κ3) is 0.727. The van der Waals surface area contributed by atoms with Crippen molar-refractivity contribution < 1.29 is 4.39 Å². The van der Waals surface area contributed by atoms with E-state index in [0.717, 1.165) is 10.1 Å². The molecule has 0 aliphatic carbocycles. The van der Waals surface area contributed by atoms with Gasteiger partial charge >= 0.3 is 0 Å². The maximum atomic E-state index is 12.8. The van der Waals surface area contributed by atoms with Gasteiger partial charge in [-0.15, -0.1) is 11.3 Å². The zero-order valence-corrected chi connectivity index (χ0v) is 5.99. The van der Waals surface area contributed by atoms with Crippen LogP contribution in [0, 0.1) is 5.82 Å². The Labute approximate surface area is 61.9 Å². The molecule has 0 bridgehead atoms. The van der Waals surface area contributed by atoms with Gasteiger partial charge in [-0.2, -0.15) is 0 Å². The minimum absolute atomic E-state index is 0.111. The molecule has 0 N–H and O–H groups in total. The van der Waals surface area contributed by atoms with Crippen molar-refractivity contribution in [2.75, 3.05) is 0 Å². The van der Waals surface area contributed by atoms with E-state index in [1.165, 1.54) is 16.7 Å². The van der Waals surface area contributed by atoms with Crippen LogP contribution in [0.3, 0.4) is 0 Å². The van der Waals surface area contributed by atoms with Gasteiger partial charge in [-0.25, -0.2) is 4.39 Å². The van der Waals surface area contributed by atoms with Gasteiger partial charge < -0.3 is 0 Å². The maximum absolute atomic E-state index is 12.8. The first-order valence-corrected chi connectivity index (χ1v) is 3.87. The van der Waals surface area contributed by atoms with Crippen LogP contribution in [0.4, 0.5) is 4.39 Å². The van der Waals surface area contributed by atoms with Crippen LogP contribution in [-0.4, -0.2) is 0 Å². The van der Waals surface area contributed by atoms with E-state index in [9.17, 15) is 4.39 Å². The molecule has 0 unspecified atom stereocenters. The van der Waals surface area contributed by atoms with Crippen molar-refractivity contribution in [2.24, 2.45) is 0 Å². The first-order chi connectivity index (χ1) is 4.88. The highest BCUT2D eigenvalue weighted by Crippen LogP contribution is 2.23. The van der Waals surface area contributed by atoms with Gasteiger partial charge in [-0.3, -0.25) is 0 Å². The van der Waals surface area contributed by atoms with Crippen LogP contribution < -0.4 is 0 Å². The molecule has 0 saturated heterocycles. The van der Waals surface area contributed by atoms with E-state index in [2.05, 4.69) is 0 Å². The average Bonchev–Trinajstić information content (AvgIpc) is 2.34. The van der Waals surface area contributed by atoms with Gasteiger partial charge in [0.25, 0.3) is 0 Å². The largest absolute Gasteiger partial charge is 0.205 e. The second-order valence-corrected chi connectivity index (χ2v) is 2.99. The Morgan fingerprint density at radius 1 is 1.20 bits per heavy atom. The first-order valence-electron chi connectivity index (χ1n) is 2.99. The molecule has 2 heteroatoms. The number of rotatable bonds is 0. The molecule has 1 heterocycles. The highest BCUT2D eigenvalue weighted by Gasteiger charge is 1.99. The summed E-state index contributed by atoms with van der Waals surface area (Å²) < 4.78 is 13.8. The molecular weight excluding hydrogens is 147 g/mol. The molecule has 2 aromatic rings. The summed E-state index contributed by atoms with van der Waals surface area (Å²) in [5.41, 5.74) is 0. The van der Waals surface area contributed by atoms with Crippen LogP contribution in [-0.2, 0) is 0 Å². The molecule has 0 fully saturated rings. The van der Waals surface area contributed by atoms with Crippen molar-refractivity contribution in [1.29, 1.82) is 0 Å². The second kappa shape index (κ2) is 2.06. The van der Waals surface area contributed by atoms with Crippen molar-refractivity contribution in [3.63, 3.8) is 0 Å². The van der Waals surface area contributed by atoms with Crippen molar-refractivity contribution in [3.8, 4) is 0 Å². The number of hydrogen-bond donors (Lipinski definition) is 0. The molecule has 0 atom stereocenters. The van der Waals surface area contributed by atoms with Crippen LogP contribution in [0.1, 0.15) is 0 Å². The van der Waals surface area contributed by atoms with Gasteiger partial charge in [-0.1, -0.05) is 18.2 Å². The predicted octanol–water partition coefficient (Wildman–Crippen LogP) is 3.04. The molecule has 0 spiro atoms. The van der Waals surface area contributed by atoms with E-state index in [1.807, 2.05) is 18.2 Å². The molecule has 1 aromatic heterocycles. The predicted molar refractivity (Wildman–Crippen MR) is 41.8 cm³/mol. The lowest BCUT2D eigenvalue weighted by Gasteiger charge is -1.84. The molecule has 50 valence electrons. The topological polar surface area (TPSA) is 0 Å². The standard InChI is InChI=1S/C8H5FS/c9-7-5-10-8-4-2-1-3-6(7)8/h1-5H. The SMILES string of the molecule is Fc1csc2ccccc12. The van der Waals surface area contributed by atoms with Gasteiger partial charge in [0.05, 0.1) is 0 Å². The second-order valence-electron chi connectivity index (χ2n) is 2.08.